The number of nitrogens with zero attached hydrogens (tertiary/aromatic N) is 3. The van der Waals surface area contributed by atoms with Gasteiger partial charge in [0.25, 0.3) is 0 Å². The van der Waals surface area contributed by atoms with Crippen molar-refractivity contribution in [3.63, 3.8) is 0 Å². The van der Waals surface area contributed by atoms with Crippen molar-refractivity contribution in [2.24, 2.45) is 11.3 Å². The van der Waals surface area contributed by atoms with Crippen LogP contribution < -0.4 is 0 Å². The lowest BCUT2D eigenvalue weighted by Gasteiger charge is -2.56. The summed E-state index contributed by atoms with van der Waals surface area (Å²) in [5.41, 5.74) is 2.32. The number of ether oxygens (including phenoxy) is 1. The van der Waals surface area contributed by atoms with E-state index in [0.29, 0.717) is 5.92 Å². The van der Waals surface area contributed by atoms with Crippen LogP contribution in [0.15, 0.2) is 49.1 Å². The Morgan fingerprint density at radius 1 is 1.45 bits per heavy atom. The molecule has 2 fully saturated rings. The molecule has 1 aromatic heterocycles. The third kappa shape index (κ3) is 2.45. The van der Waals surface area contributed by atoms with Crippen LogP contribution in [0.5, 0.6) is 0 Å². The van der Waals surface area contributed by atoms with Crippen LogP contribution >= 0.6 is 0 Å². The van der Waals surface area contributed by atoms with Gasteiger partial charge in [0.2, 0.25) is 0 Å². The highest BCUT2D eigenvalue weighted by atomic mass is 16.5. The van der Waals surface area contributed by atoms with Crippen molar-refractivity contribution in [3.05, 3.63) is 49.1 Å². The third-order valence-electron chi connectivity index (χ3n) is 5.35. The van der Waals surface area contributed by atoms with Gasteiger partial charge in [-0.15, -0.1) is 0 Å². The minimum atomic E-state index is -0.124. The zero-order valence-electron chi connectivity index (χ0n) is 13.6. The van der Waals surface area contributed by atoms with Gasteiger partial charge in [-0.2, -0.15) is 5.10 Å². The van der Waals surface area contributed by atoms with Gasteiger partial charge in [-0.05, 0) is 32.1 Å². The fraction of sp³-hybridized carbons (Fsp3) is 0.556. The molecule has 3 rings (SSSR count). The first-order valence-electron chi connectivity index (χ1n) is 7.93. The second-order valence-corrected chi connectivity index (χ2v) is 7.11. The number of hydrogen-bond acceptors (Lipinski definition) is 3. The van der Waals surface area contributed by atoms with Crippen LogP contribution in [0.3, 0.4) is 0 Å². The van der Waals surface area contributed by atoms with E-state index in [1.807, 2.05) is 17.7 Å². The fourth-order valence-corrected chi connectivity index (χ4v) is 3.96. The van der Waals surface area contributed by atoms with Gasteiger partial charge in [-0.1, -0.05) is 43.4 Å². The van der Waals surface area contributed by atoms with Crippen LogP contribution in [0.25, 0.3) is 0 Å². The molecule has 2 heterocycles. The van der Waals surface area contributed by atoms with Gasteiger partial charge in [-0.3, -0.25) is 4.68 Å². The van der Waals surface area contributed by atoms with Crippen LogP contribution in [-0.4, -0.2) is 27.0 Å². The van der Waals surface area contributed by atoms with Crippen LogP contribution in [-0.2, 0) is 11.3 Å². The molecule has 1 saturated carbocycles. The van der Waals surface area contributed by atoms with E-state index in [-0.39, 0.29) is 11.0 Å². The highest BCUT2D eigenvalue weighted by Gasteiger charge is 2.65. The Balaban J connectivity index is 1.76. The highest BCUT2D eigenvalue weighted by Crippen LogP contribution is 2.61. The molecule has 22 heavy (non-hydrogen) atoms. The zero-order chi connectivity index (χ0) is 15.8. The Labute approximate surface area is 132 Å². The average Bonchev–Trinajstić information content (AvgIpc) is 3.03. The molecular formula is C18H25N3O. The number of rotatable bonds is 6. The summed E-state index contributed by atoms with van der Waals surface area (Å²) < 4.78 is 8.09. The predicted octanol–water partition coefficient (Wildman–Crippen LogP) is 3.54. The van der Waals surface area contributed by atoms with Gasteiger partial charge in [0.1, 0.15) is 12.7 Å². The molecule has 2 aliphatic rings. The Morgan fingerprint density at radius 2 is 2.27 bits per heavy atom. The van der Waals surface area contributed by atoms with Gasteiger partial charge in [0, 0.05) is 5.41 Å². The number of hydrogen-bond donors (Lipinski definition) is 0. The van der Waals surface area contributed by atoms with E-state index in [2.05, 4.69) is 36.2 Å². The second kappa shape index (κ2) is 5.51. The van der Waals surface area contributed by atoms with Crippen LogP contribution in [0.1, 0.15) is 33.1 Å². The van der Waals surface area contributed by atoms with Crippen molar-refractivity contribution in [1.82, 2.24) is 14.8 Å². The molecule has 0 bridgehead atoms. The Bertz CT molecular complexity index is 604. The van der Waals surface area contributed by atoms with Crippen LogP contribution in [0.2, 0.25) is 0 Å². The Hall–Kier alpha value is -1.68. The quantitative estimate of drug-likeness (QED) is 0.754. The van der Waals surface area contributed by atoms with Crippen molar-refractivity contribution in [1.29, 1.82) is 0 Å². The van der Waals surface area contributed by atoms with Gasteiger partial charge < -0.3 is 4.74 Å². The zero-order valence-corrected chi connectivity index (χ0v) is 13.6. The second-order valence-electron chi connectivity index (χ2n) is 7.11. The molecule has 0 aromatic carbocycles. The summed E-state index contributed by atoms with van der Waals surface area (Å²) in [6, 6.07) is 0. The maximum absolute atomic E-state index is 6.19. The summed E-state index contributed by atoms with van der Waals surface area (Å²) in [5, 5.41) is 4.28. The van der Waals surface area contributed by atoms with E-state index < -0.39 is 0 Å². The fourth-order valence-electron chi connectivity index (χ4n) is 3.96. The summed E-state index contributed by atoms with van der Waals surface area (Å²) >= 11 is 0. The molecule has 1 aliphatic heterocycles. The van der Waals surface area contributed by atoms with E-state index in [1.54, 1.807) is 12.7 Å². The lowest BCUT2D eigenvalue weighted by atomic mass is 9.67. The molecule has 1 saturated heterocycles. The van der Waals surface area contributed by atoms with Crippen LogP contribution in [0, 0.1) is 11.3 Å². The minimum Gasteiger partial charge on any atom is -0.371 e. The first-order valence-corrected chi connectivity index (χ1v) is 7.93. The van der Waals surface area contributed by atoms with Gasteiger partial charge >= 0.3 is 0 Å². The number of allylic oxidation sites excluding steroid dienone is 4. The Morgan fingerprint density at radius 3 is 2.86 bits per heavy atom. The van der Waals surface area contributed by atoms with E-state index in [0.717, 1.165) is 30.7 Å². The van der Waals surface area contributed by atoms with Crippen molar-refractivity contribution >= 4 is 0 Å². The molecule has 1 aliphatic carbocycles. The third-order valence-corrected chi connectivity index (χ3v) is 5.35. The maximum atomic E-state index is 6.19. The molecule has 118 valence electrons. The molecule has 0 N–H and O–H groups in total. The topological polar surface area (TPSA) is 39.9 Å². The SMILES string of the molecule is C=C(C)/C=C\C(=C)CC1CCC2(C)COC12Cn1cncn1. The maximum Gasteiger partial charge on any atom is 0.137 e. The molecule has 0 radical (unpaired) electrons. The minimum absolute atomic E-state index is 0.124. The monoisotopic (exact) mass is 299 g/mol. The predicted molar refractivity (Wildman–Crippen MR) is 87.2 cm³/mol. The lowest BCUT2D eigenvalue weighted by molar-refractivity contribution is -0.268. The molecule has 0 spiro atoms. The first-order chi connectivity index (χ1) is 10.5. The largest absolute Gasteiger partial charge is 0.371 e. The number of fused-ring (bicyclic) bond motifs is 1. The molecule has 1 aromatic rings. The van der Waals surface area contributed by atoms with Crippen molar-refractivity contribution in [3.8, 4) is 0 Å². The van der Waals surface area contributed by atoms with Gasteiger partial charge in [-0.25, -0.2) is 4.98 Å². The van der Waals surface area contributed by atoms with E-state index >= 15 is 0 Å². The Kier molecular flexibility index (Phi) is 3.81. The van der Waals surface area contributed by atoms with E-state index in [4.69, 9.17) is 4.74 Å². The molecule has 3 unspecified atom stereocenters. The van der Waals surface area contributed by atoms with Crippen molar-refractivity contribution in [2.75, 3.05) is 6.61 Å². The molecule has 0 amide bonds. The molecule has 4 heteroatoms. The molecule has 4 nitrogen and oxygen atoms in total. The molecule has 3 atom stereocenters. The number of aromatic nitrogens is 3. The smallest absolute Gasteiger partial charge is 0.137 e. The highest BCUT2D eigenvalue weighted by molar-refractivity contribution is 5.25. The van der Waals surface area contributed by atoms with Crippen molar-refractivity contribution < 1.29 is 4.74 Å². The lowest BCUT2D eigenvalue weighted by Crippen LogP contribution is -2.63. The van der Waals surface area contributed by atoms with E-state index in [9.17, 15) is 0 Å². The summed E-state index contributed by atoms with van der Waals surface area (Å²) in [4.78, 5) is 4.06. The first kappa shape index (κ1) is 15.2. The van der Waals surface area contributed by atoms with E-state index in [1.165, 1.54) is 12.8 Å². The average molecular weight is 299 g/mol. The normalized spacial score (nSPS) is 33.6. The van der Waals surface area contributed by atoms with Gasteiger partial charge in [0.15, 0.2) is 0 Å². The van der Waals surface area contributed by atoms with Crippen molar-refractivity contribution in [2.45, 2.75) is 45.3 Å². The molecular weight excluding hydrogens is 274 g/mol. The standard InChI is InChI=1S/C18H25N3O/c1-14(2)5-6-15(3)9-16-7-8-17(4)11-22-18(16,17)10-21-13-19-12-20-21/h5-6,12-13,16H,1,3,7-11H2,2,4H3/b6-5-. The summed E-state index contributed by atoms with van der Waals surface area (Å²) in [6.45, 7) is 14.1. The van der Waals surface area contributed by atoms with Crippen LogP contribution in [0.4, 0.5) is 0 Å². The summed E-state index contributed by atoms with van der Waals surface area (Å²) in [5.74, 6) is 0.484. The summed E-state index contributed by atoms with van der Waals surface area (Å²) in [7, 11) is 0. The summed E-state index contributed by atoms with van der Waals surface area (Å²) in [6.07, 6.45) is 10.8. The van der Waals surface area contributed by atoms with Gasteiger partial charge in [0.05, 0.1) is 18.8 Å².